The van der Waals surface area contributed by atoms with Gasteiger partial charge in [0.25, 0.3) is 0 Å². The number of benzene rings is 2. The Morgan fingerprint density at radius 2 is 1.81 bits per heavy atom. The molecule has 0 atom stereocenters. The Bertz CT molecular complexity index is 950. The Hall–Kier alpha value is -2.55. The maximum absolute atomic E-state index is 12.6. The number of nitrogens with zero attached hydrogens (tertiary/aromatic N) is 1. The monoisotopic (exact) mass is 363 g/mol. The lowest BCUT2D eigenvalue weighted by Crippen LogP contribution is -2.10. The van der Waals surface area contributed by atoms with Gasteiger partial charge in [0.15, 0.2) is 5.78 Å². The van der Waals surface area contributed by atoms with Gasteiger partial charge in [-0.25, -0.2) is 0 Å². The normalized spacial score (nSPS) is 11.5. The second-order valence-corrected chi connectivity index (χ2v) is 7.82. The molecular weight excluding hydrogens is 334 g/mol. The molecule has 1 aromatic heterocycles. The minimum atomic E-state index is -0.0126. The first kappa shape index (κ1) is 19.2. The molecule has 0 saturated heterocycles. The summed E-state index contributed by atoms with van der Waals surface area (Å²) in [5, 5.41) is 1.02. The highest BCUT2D eigenvalue weighted by molar-refractivity contribution is 6.08. The largest absolute Gasteiger partial charge is 0.491 e. The van der Waals surface area contributed by atoms with Gasteiger partial charge in [-0.2, -0.15) is 0 Å². The van der Waals surface area contributed by atoms with Crippen LogP contribution >= 0.6 is 0 Å². The van der Waals surface area contributed by atoms with Crippen molar-refractivity contribution < 1.29 is 9.53 Å². The van der Waals surface area contributed by atoms with Crippen LogP contribution in [0.2, 0.25) is 0 Å². The molecule has 3 nitrogen and oxygen atoms in total. The summed E-state index contributed by atoms with van der Waals surface area (Å²) in [6.07, 6.45) is 1.98. The van der Waals surface area contributed by atoms with Crippen LogP contribution in [0.25, 0.3) is 10.9 Å². The quantitative estimate of drug-likeness (QED) is 0.483. The summed E-state index contributed by atoms with van der Waals surface area (Å²) in [6.45, 7) is 11.6. The van der Waals surface area contributed by atoms with Crippen molar-refractivity contribution in [1.82, 2.24) is 4.57 Å². The lowest BCUT2D eigenvalue weighted by molar-refractivity contribution is 0.0941. The van der Waals surface area contributed by atoms with E-state index in [4.69, 9.17) is 4.74 Å². The first-order chi connectivity index (χ1) is 12.9. The SMILES string of the molecule is Cc1ccc(C(C)C)c(OCCn2cc(C(=O)C(C)C)c3ccccc32)c1. The van der Waals surface area contributed by atoms with E-state index in [1.807, 2.05) is 38.2 Å². The number of carbonyl (C=O) groups excluding carboxylic acids is 1. The number of carbonyl (C=O) groups is 1. The molecule has 0 fully saturated rings. The second kappa shape index (κ2) is 7.99. The van der Waals surface area contributed by atoms with Crippen LogP contribution < -0.4 is 4.74 Å². The standard InChI is InChI=1S/C24H29NO2/c1-16(2)19-11-10-18(5)14-23(19)27-13-12-25-15-21(24(26)17(3)4)20-8-6-7-9-22(20)25/h6-11,14-17H,12-13H2,1-5H3. The summed E-state index contributed by atoms with van der Waals surface area (Å²) in [5.74, 6) is 1.55. The maximum atomic E-state index is 12.6. The van der Waals surface area contributed by atoms with E-state index in [0.717, 1.165) is 22.2 Å². The van der Waals surface area contributed by atoms with Gasteiger partial charge in [-0.05, 0) is 36.1 Å². The summed E-state index contributed by atoms with van der Waals surface area (Å²) < 4.78 is 8.28. The van der Waals surface area contributed by atoms with E-state index >= 15 is 0 Å². The van der Waals surface area contributed by atoms with Crippen LogP contribution in [0.15, 0.2) is 48.7 Å². The van der Waals surface area contributed by atoms with E-state index in [9.17, 15) is 4.79 Å². The number of hydrogen-bond donors (Lipinski definition) is 0. The fraction of sp³-hybridized carbons (Fsp3) is 0.375. The molecule has 0 amide bonds. The van der Waals surface area contributed by atoms with Crippen LogP contribution in [0.4, 0.5) is 0 Å². The molecule has 0 bridgehead atoms. The third kappa shape index (κ3) is 4.08. The molecule has 0 aliphatic carbocycles. The van der Waals surface area contributed by atoms with E-state index in [-0.39, 0.29) is 11.7 Å². The summed E-state index contributed by atoms with van der Waals surface area (Å²) >= 11 is 0. The Morgan fingerprint density at radius 3 is 2.52 bits per heavy atom. The van der Waals surface area contributed by atoms with Crippen molar-refractivity contribution in [2.24, 2.45) is 5.92 Å². The predicted octanol–water partition coefficient (Wildman–Crippen LogP) is 5.99. The van der Waals surface area contributed by atoms with Gasteiger partial charge in [0.1, 0.15) is 12.4 Å². The zero-order valence-electron chi connectivity index (χ0n) is 17.0. The smallest absolute Gasteiger partial charge is 0.167 e. The van der Waals surface area contributed by atoms with Crippen LogP contribution in [-0.4, -0.2) is 17.0 Å². The van der Waals surface area contributed by atoms with Gasteiger partial charge in [-0.3, -0.25) is 4.79 Å². The van der Waals surface area contributed by atoms with E-state index in [1.165, 1.54) is 11.1 Å². The fourth-order valence-corrected chi connectivity index (χ4v) is 3.44. The number of ether oxygens (including phenoxy) is 1. The van der Waals surface area contributed by atoms with Gasteiger partial charge >= 0.3 is 0 Å². The highest BCUT2D eigenvalue weighted by Crippen LogP contribution is 2.28. The van der Waals surface area contributed by atoms with E-state index in [2.05, 4.69) is 49.6 Å². The van der Waals surface area contributed by atoms with Crippen LogP contribution in [0.1, 0.15) is 55.1 Å². The fourth-order valence-electron chi connectivity index (χ4n) is 3.44. The molecule has 3 aromatic rings. The van der Waals surface area contributed by atoms with Crippen molar-refractivity contribution in [2.75, 3.05) is 6.61 Å². The zero-order chi connectivity index (χ0) is 19.6. The number of rotatable bonds is 7. The maximum Gasteiger partial charge on any atom is 0.167 e. The minimum Gasteiger partial charge on any atom is -0.491 e. The van der Waals surface area contributed by atoms with Crippen LogP contribution in [0.3, 0.4) is 0 Å². The van der Waals surface area contributed by atoms with Gasteiger partial charge in [-0.15, -0.1) is 0 Å². The second-order valence-electron chi connectivity index (χ2n) is 7.82. The van der Waals surface area contributed by atoms with Crippen molar-refractivity contribution in [1.29, 1.82) is 0 Å². The Labute approximate surface area is 162 Å². The Morgan fingerprint density at radius 1 is 1.07 bits per heavy atom. The summed E-state index contributed by atoms with van der Waals surface area (Å²) in [7, 11) is 0. The zero-order valence-corrected chi connectivity index (χ0v) is 17.0. The van der Waals surface area contributed by atoms with Crippen LogP contribution in [0.5, 0.6) is 5.75 Å². The topological polar surface area (TPSA) is 31.2 Å². The van der Waals surface area contributed by atoms with Gasteiger partial charge in [0.2, 0.25) is 0 Å². The third-order valence-corrected chi connectivity index (χ3v) is 4.96. The Balaban J connectivity index is 1.83. The van der Waals surface area contributed by atoms with E-state index in [0.29, 0.717) is 19.1 Å². The first-order valence-corrected chi connectivity index (χ1v) is 9.74. The number of aromatic nitrogens is 1. The molecule has 3 heteroatoms. The molecule has 0 aliphatic rings. The average molecular weight is 364 g/mol. The summed E-state index contributed by atoms with van der Waals surface area (Å²) in [5.41, 5.74) is 4.32. The molecule has 0 unspecified atom stereocenters. The van der Waals surface area contributed by atoms with Gasteiger partial charge < -0.3 is 9.30 Å². The van der Waals surface area contributed by atoms with Crippen LogP contribution in [0, 0.1) is 12.8 Å². The molecule has 27 heavy (non-hydrogen) atoms. The Kier molecular flexibility index (Phi) is 5.69. The molecule has 0 radical (unpaired) electrons. The predicted molar refractivity (Wildman–Crippen MR) is 112 cm³/mol. The van der Waals surface area contributed by atoms with Gasteiger partial charge in [0, 0.05) is 28.6 Å². The number of fused-ring (bicyclic) bond motifs is 1. The number of para-hydroxylation sites is 1. The molecule has 0 spiro atoms. The van der Waals surface area contributed by atoms with E-state index in [1.54, 1.807) is 0 Å². The van der Waals surface area contributed by atoms with Gasteiger partial charge in [0.05, 0.1) is 6.54 Å². The first-order valence-electron chi connectivity index (χ1n) is 9.74. The van der Waals surface area contributed by atoms with Crippen molar-refractivity contribution in [3.05, 3.63) is 65.4 Å². The molecule has 142 valence electrons. The lowest BCUT2D eigenvalue weighted by atomic mass is 10.0. The third-order valence-electron chi connectivity index (χ3n) is 4.96. The van der Waals surface area contributed by atoms with Crippen molar-refractivity contribution >= 4 is 16.7 Å². The minimum absolute atomic E-state index is 0.0126. The molecule has 1 heterocycles. The van der Waals surface area contributed by atoms with Crippen LogP contribution in [-0.2, 0) is 6.54 Å². The summed E-state index contributed by atoms with van der Waals surface area (Å²) in [4.78, 5) is 12.6. The highest BCUT2D eigenvalue weighted by atomic mass is 16.5. The molecule has 3 rings (SSSR count). The molecule has 2 aromatic carbocycles. The van der Waals surface area contributed by atoms with Gasteiger partial charge in [-0.1, -0.05) is 58.0 Å². The number of Topliss-reactive ketones (excluding diaryl/α,β-unsaturated/α-hetero) is 1. The van der Waals surface area contributed by atoms with E-state index < -0.39 is 0 Å². The summed E-state index contributed by atoms with van der Waals surface area (Å²) in [6, 6.07) is 14.5. The van der Waals surface area contributed by atoms with Crippen molar-refractivity contribution in [3.63, 3.8) is 0 Å². The molecular formula is C24H29NO2. The van der Waals surface area contributed by atoms with Crippen molar-refractivity contribution in [3.8, 4) is 5.75 Å². The number of aryl methyl sites for hydroxylation is 1. The molecule has 0 N–H and O–H groups in total. The number of ketones is 1. The average Bonchev–Trinajstić information content (AvgIpc) is 2.99. The number of hydrogen-bond acceptors (Lipinski definition) is 2. The highest BCUT2D eigenvalue weighted by Gasteiger charge is 2.17. The van der Waals surface area contributed by atoms with Crippen molar-refractivity contribution in [2.45, 2.75) is 47.1 Å². The molecule has 0 saturated carbocycles. The lowest BCUT2D eigenvalue weighted by Gasteiger charge is -2.15. The molecule has 0 aliphatic heterocycles.